The molecule has 1 saturated heterocycles. The van der Waals surface area contributed by atoms with Crippen molar-refractivity contribution in [3.05, 3.63) is 35.9 Å². The van der Waals surface area contributed by atoms with Gasteiger partial charge in [0.1, 0.15) is 5.69 Å². The number of aromatic nitrogens is 5. The summed E-state index contributed by atoms with van der Waals surface area (Å²) in [6.07, 6.45) is 1.26. The molecule has 9 heteroatoms. The van der Waals surface area contributed by atoms with Gasteiger partial charge in [-0.3, -0.25) is 5.10 Å². The highest BCUT2D eigenvalue weighted by Gasteiger charge is 2.20. The van der Waals surface area contributed by atoms with Crippen molar-refractivity contribution in [2.24, 2.45) is 0 Å². The van der Waals surface area contributed by atoms with E-state index in [2.05, 4.69) is 35.4 Å². The van der Waals surface area contributed by atoms with E-state index in [1.807, 2.05) is 37.3 Å². The Morgan fingerprint density at radius 1 is 1.15 bits per heavy atom. The van der Waals surface area contributed by atoms with Crippen LogP contribution in [0.15, 0.2) is 30.3 Å². The van der Waals surface area contributed by atoms with Crippen LogP contribution in [-0.2, 0) is 0 Å². The Morgan fingerprint density at radius 2 is 1.89 bits per heavy atom. The van der Waals surface area contributed by atoms with Gasteiger partial charge in [0.25, 0.3) is 0 Å². The van der Waals surface area contributed by atoms with Crippen molar-refractivity contribution in [1.82, 2.24) is 25.1 Å². The molecule has 0 spiro atoms. The van der Waals surface area contributed by atoms with E-state index in [1.54, 1.807) is 0 Å². The van der Waals surface area contributed by atoms with E-state index in [0.717, 1.165) is 37.4 Å². The van der Waals surface area contributed by atoms with Gasteiger partial charge in [-0.1, -0.05) is 17.7 Å². The molecule has 0 unspecified atom stereocenters. The highest BCUT2D eigenvalue weighted by Crippen LogP contribution is 2.24. The zero-order valence-electron chi connectivity index (χ0n) is 15.1. The molecule has 0 aliphatic carbocycles. The first kappa shape index (κ1) is 17.2. The fourth-order valence-corrected chi connectivity index (χ4v) is 3.02. The summed E-state index contributed by atoms with van der Waals surface area (Å²) in [7, 11) is 0. The van der Waals surface area contributed by atoms with Crippen LogP contribution in [0.3, 0.4) is 0 Å². The van der Waals surface area contributed by atoms with Gasteiger partial charge in [-0.05, 0) is 31.9 Å². The van der Waals surface area contributed by atoms with Crippen molar-refractivity contribution in [3.8, 4) is 11.5 Å². The number of rotatable bonds is 4. The van der Waals surface area contributed by atoms with Gasteiger partial charge >= 0.3 is 0 Å². The third-order valence-electron chi connectivity index (χ3n) is 4.55. The first-order valence-corrected chi connectivity index (χ1v) is 8.91. The van der Waals surface area contributed by atoms with Gasteiger partial charge in [-0.2, -0.15) is 20.1 Å². The van der Waals surface area contributed by atoms with Gasteiger partial charge in [-0.15, -0.1) is 0 Å². The predicted octanol–water partition coefficient (Wildman–Crippen LogP) is 1.86. The van der Waals surface area contributed by atoms with Crippen LogP contribution in [0.4, 0.5) is 23.4 Å². The first-order chi connectivity index (χ1) is 13.1. The lowest BCUT2D eigenvalue weighted by atomic mass is 10.1. The molecule has 3 heterocycles. The Balaban J connectivity index is 1.55. The highest BCUT2D eigenvalue weighted by atomic mass is 16.3. The van der Waals surface area contributed by atoms with Crippen LogP contribution in [0, 0.1) is 6.92 Å². The van der Waals surface area contributed by atoms with Gasteiger partial charge in [0.15, 0.2) is 11.6 Å². The van der Waals surface area contributed by atoms with Crippen LogP contribution in [-0.4, -0.2) is 49.4 Å². The number of aromatic amines is 1. The van der Waals surface area contributed by atoms with Gasteiger partial charge in [0.05, 0.1) is 6.10 Å². The molecule has 1 aromatic carbocycles. The molecule has 2 aromatic heterocycles. The number of nitrogens with two attached hydrogens (primary N) is 1. The summed E-state index contributed by atoms with van der Waals surface area (Å²) in [5, 5.41) is 20.1. The topological polar surface area (TPSA) is 129 Å². The molecule has 0 atom stereocenters. The number of H-pyrrole nitrogens is 1. The molecule has 0 saturated carbocycles. The number of anilines is 4. The van der Waals surface area contributed by atoms with E-state index >= 15 is 0 Å². The standard InChI is InChI=1S/C18H22N8O/c1-11-2-4-12(5-3-11)20-18-22-16(21-17(19)23-18)14-10-15(25-24-14)26-8-6-13(27)7-9-26/h2-5,10,13,27H,6-9H2,1H3,(H,24,25)(H3,19,20,21,22,23). The zero-order valence-corrected chi connectivity index (χ0v) is 15.1. The zero-order chi connectivity index (χ0) is 18.8. The number of aliphatic hydroxyl groups excluding tert-OH is 1. The second kappa shape index (κ2) is 7.20. The number of nitrogens with one attached hydrogen (secondary N) is 2. The fourth-order valence-electron chi connectivity index (χ4n) is 3.02. The minimum atomic E-state index is -0.224. The maximum absolute atomic E-state index is 9.65. The molecule has 9 nitrogen and oxygen atoms in total. The third-order valence-corrected chi connectivity index (χ3v) is 4.55. The number of hydrogen-bond donors (Lipinski definition) is 4. The van der Waals surface area contributed by atoms with Crippen molar-refractivity contribution in [3.63, 3.8) is 0 Å². The van der Waals surface area contributed by atoms with Gasteiger partial charge < -0.3 is 21.1 Å². The minimum Gasteiger partial charge on any atom is -0.393 e. The molecule has 1 fully saturated rings. The largest absolute Gasteiger partial charge is 0.393 e. The Bertz CT molecular complexity index is 915. The van der Waals surface area contributed by atoms with Gasteiger partial charge in [0, 0.05) is 24.8 Å². The average Bonchev–Trinajstić information content (AvgIpc) is 3.14. The monoisotopic (exact) mass is 366 g/mol. The van der Waals surface area contributed by atoms with E-state index in [0.29, 0.717) is 17.5 Å². The number of aliphatic hydroxyl groups is 1. The molecule has 0 radical (unpaired) electrons. The van der Waals surface area contributed by atoms with Crippen molar-refractivity contribution >= 4 is 23.4 Å². The Hall–Kier alpha value is -3.20. The van der Waals surface area contributed by atoms with Crippen molar-refractivity contribution in [2.45, 2.75) is 25.9 Å². The maximum atomic E-state index is 9.65. The van der Waals surface area contributed by atoms with Crippen LogP contribution in [0.1, 0.15) is 18.4 Å². The summed E-state index contributed by atoms with van der Waals surface area (Å²) < 4.78 is 0. The second-order valence-electron chi connectivity index (χ2n) is 6.69. The first-order valence-electron chi connectivity index (χ1n) is 8.91. The number of hydrogen-bond acceptors (Lipinski definition) is 8. The van der Waals surface area contributed by atoms with E-state index in [9.17, 15) is 5.11 Å². The molecule has 27 heavy (non-hydrogen) atoms. The Kier molecular flexibility index (Phi) is 4.59. The number of benzene rings is 1. The van der Waals surface area contributed by atoms with Crippen molar-refractivity contribution in [2.75, 3.05) is 29.0 Å². The molecule has 3 aromatic rings. The normalized spacial score (nSPS) is 15.1. The maximum Gasteiger partial charge on any atom is 0.232 e. The lowest BCUT2D eigenvalue weighted by Crippen LogP contribution is -2.35. The van der Waals surface area contributed by atoms with E-state index < -0.39 is 0 Å². The molecule has 4 rings (SSSR count). The molecule has 0 bridgehead atoms. The van der Waals surface area contributed by atoms with Crippen LogP contribution >= 0.6 is 0 Å². The van der Waals surface area contributed by atoms with Crippen LogP contribution in [0.25, 0.3) is 11.5 Å². The average molecular weight is 366 g/mol. The highest BCUT2D eigenvalue weighted by molar-refractivity contribution is 5.61. The summed E-state index contributed by atoms with van der Waals surface area (Å²) in [6.45, 7) is 3.57. The number of aryl methyl sites for hydroxylation is 1. The van der Waals surface area contributed by atoms with Crippen molar-refractivity contribution < 1.29 is 5.11 Å². The smallest absolute Gasteiger partial charge is 0.232 e. The lowest BCUT2D eigenvalue weighted by Gasteiger charge is -2.29. The SMILES string of the molecule is Cc1ccc(Nc2nc(N)nc(-c3cc(N4CCC(O)CC4)n[nH]3)n2)cc1. The van der Waals surface area contributed by atoms with Crippen LogP contribution in [0.5, 0.6) is 0 Å². The third kappa shape index (κ3) is 3.98. The van der Waals surface area contributed by atoms with E-state index in [-0.39, 0.29) is 12.1 Å². The quantitative estimate of drug-likeness (QED) is 0.551. The summed E-state index contributed by atoms with van der Waals surface area (Å²) in [4.78, 5) is 14.9. The van der Waals surface area contributed by atoms with E-state index in [4.69, 9.17) is 5.73 Å². The minimum absolute atomic E-state index is 0.131. The van der Waals surface area contributed by atoms with Gasteiger partial charge in [-0.25, -0.2) is 0 Å². The second-order valence-corrected chi connectivity index (χ2v) is 6.69. The molecule has 0 amide bonds. The fraction of sp³-hybridized carbons (Fsp3) is 0.333. The van der Waals surface area contributed by atoms with Gasteiger partial charge in [0.2, 0.25) is 11.9 Å². The van der Waals surface area contributed by atoms with E-state index in [1.165, 1.54) is 5.56 Å². The lowest BCUT2D eigenvalue weighted by molar-refractivity contribution is 0.145. The number of piperidine rings is 1. The molecule has 140 valence electrons. The molecule has 5 N–H and O–H groups in total. The molecular weight excluding hydrogens is 344 g/mol. The Labute approximate surface area is 156 Å². The van der Waals surface area contributed by atoms with Crippen LogP contribution in [0.2, 0.25) is 0 Å². The molecule has 1 aliphatic rings. The summed E-state index contributed by atoms with van der Waals surface area (Å²) in [5.74, 6) is 1.74. The number of nitrogens with zero attached hydrogens (tertiary/aromatic N) is 5. The van der Waals surface area contributed by atoms with Crippen molar-refractivity contribution in [1.29, 1.82) is 0 Å². The number of nitrogen functional groups attached to an aromatic ring is 1. The summed E-state index contributed by atoms with van der Waals surface area (Å²) >= 11 is 0. The summed E-state index contributed by atoms with van der Waals surface area (Å²) in [5.41, 5.74) is 8.57. The Morgan fingerprint density at radius 3 is 2.63 bits per heavy atom. The summed E-state index contributed by atoms with van der Waals surface area (Å²) in [6, 6.07) is 9.80. The molecular formula is C18H22N8O. The predicted molar refractivity (Wildman–Crippen MR) is 104 cm³/mol. The van der Waals surface area contributed by atoms with Crippen LogP contribution < -0.4 is 16.0 Å². The molecule has 1 aliphatic heterocycles.